The van der Waals surface area contributed by atoms with Crippen LogP contribution in [0.25, 0.3) is 0 Å². The summed E-state index contributed by atoms with van der Waals surface area (Å²) in [4.78, 5) is 35.2. The van der Waals surface area contributed by atoms with Gasteiger partial charge in [-0.05, 0) is 42.3 Å². The highest BCUT2D eigenvalue weighted by Gasteiger charge is 2.29. The molecule has 2 aromatic carbocycles. The number of fused-ring (bicyclic) bond motifs is 1. The average Bonchev–Trinajstić information content (AvgIpc) is 2.90. The van der Waals surface area contributed by atoms with E-state index in [9.17, 15) is 14.4 Å². The predicted molar refractivity (Wildman–Crippen MR) is 95.5 cm³/mol. The van der Waals surface area contributed by atoms with Crippen molar-refractivity contribution in [2.24, 2.45) is 0 Å². The van der Waals surface area contributed by atoms with Gasteiger partial charge in [-0.25, -0.2) is 0 Å². The molecular weight excluding hydrogens is 318 g/mol. The Morgan fingerprint density at radius 2 is 1.80 bits per heavy atom. The first-order chi connectivity index (χ1) is 12.0. The Morgan fingerprint density at radius 1 is 1.08 bits per heavy atom. The molecule has 1 heterocycles. The number of amides is 3. The molecule has 0 spiro atoms. The molecule has 6 nitrogen and oxygen atoms in total. The van der Waals surface area contributed by atoms with Crippen LogP contribution in [0.3, 0.4) is 0 Å². The molecule has 0 bridgehead atoms. The summed E-state index contributed by atoms with van der Waals surface area (Å²) in [5.74, 6) is -0.637. The van der Waals surface area contributed by atoms with Crippen LogP contribution in [-0.2, 0) is 9.59 Å². The highest BCUT2D eigenvalue weighted by molar-refractivity contribution is 6.03. The van der Waals surface area contributed by atoms with E-state index in [2.05, 4.69) is 16.0 Å². The fraction of sp³-hybridized carbons (Fsp3) is 0.211. The Kier molecular flexibility index (Phi) is 4.79. The van der Waals surface area contributed by atoms with E-state index in [1.807, 2.05) is 24.3 Å². The lowest BCUT2D eigenvalue weighted by Crippen LogP contribution is -2.27. The van der Waals surface area contributed by atoms with Crippen molar-refractivity contribution in [1.29, 1.82) is 0 Å². The van der Waals surface area contributed by atoms with Crippen molar-refractivity contribution in [2.45, 2.75) is 19.3 Å². The van der Waals surface area contributed by atoms with Crippen molar-refractivity contribution in [1.82, 2.24) is 5.32 Å². The van der Waals surface area contributed by atoms with Gasteiger partial charge in [0, 0.05) is 30.4 Å². The van der Waals surface area contributed by atoms with Crippen molar-refractivity contribution < 1.29 is 14.4 Å². The third-order valence-electron chi connectivity index (χ3n) is 4.10. The normalized spacial score (nSPS) is 15.2. The molecule has 1 aliphatic heterocycles. The van der Waals surface area contributed by atoms with Crippen molar-refractivity contribution in [2.75, 3.05) is 17.2 Å². The van der Waals surface area contributed by atoms with E-state index in [4.69, 9.17) is 0 Å². The fourth-order valence-electron chi connectivity index (χ4n) is 2.90. The van der Waals surface area contributed by atoms with Crippen LogP contribution >= 0.6 is 0 Å². The molecule has 0 aromatic heterocycles. The number of carbonyl (C=O) groups excluding carboxylic acids is 3. The lowest BCUT2D eigenvalue weighted by atomic mass is 9.97. The van der Waals surface area contributed by atoms with Gasteiger partial charge in [0.25, 0.3) is 5.91 Å². The van der Waals surface area contributed by atoms with Crippen LogP contribution in [0.1, 0.15) is 35.2 Å². The van der Waals surface area contributed by atoms with Crippen LogP contribution in [0.5, 0.6) is 0 Å². The second-order valence-corrected chi connectivity index (χ2v) is 5.93. The average molecular weight is 337 g/mol. The third-order valence-corrected chi connectivity index (χ3v) is 4.10. The van der Waals surface area contributed by atoms with E-state index in [0.29, 0.717) is 24.2 Å². The van der Waals surface area contributed by atoms with E-state index >= 15 is 0 Å². The second-order valence-electron chi connectivity index (χ2n) is 5.93. The summed E-state index contributed by atoms with van der Waals surface area (Å²) in [5.41, 5.74) is 2.97. The Balaban J connectivity index is 1.54. The molecular formula is C19H19N3O3. The summed E-state index contributed by atoms with van der Waals surface area (Å²) in [6.07, 6.45) is 0.540. The topological polar surface area (TPSA) is 87.3 Å². The van der Waals surface area contributed by atoms with Crippen molar-refractivity contribution >= 4 is 29.1 Å². The molecule has 1 unspecified atom stereocenters. The number of rotatable bonds is 5. The van der Waals surface area contributed by atoms with Gasteiger partial charge >= 0.3 is 0 Å². The van der Waals surface area contributed by atoms with Gasteiger partial charge in [-0.15, -0.1) is 0 Å². The minimum absolute atomic E-state index is 0.0323. The quantitative estimate of drug-likeness (QED) is 0.783. The highest BCUT2D eigenvalue weighted by Crippen LogP contribution is 2.33. The van der Waals surface area contributed by atoms with E-state index in [1.165, 1.54) is 6.92 Å². The number of anilines is 2. The summed E-state index contributed by atoms with van der Waals surface area (Å²) in [7, 11) is 0. The Hall–Kier alpha value is -3.15. The van der Waals surface area contributed by atoms with Gasteiger partial charge in [0.15, 0.2) is 0 Å². The van der Waals surface area contributed by atoms with Gasteiger partial charge in [-0.3, -0.25) is 14.4 Å². The zero-order chi connectivity index (χ0) is 17.8. The van der Waals surface area contributed by atoms with Crippen molar-refractivity contribution in [3.8, 4) is 0 Å². The third kappa shape index (κ3) is 3.85. The number of benzene rings is 2. The maximum Gasteiger partial charge on any atom is 0.251 e. The molecule has 1 atom stereocenters. The Morgan fingerprint density at radius 3 is 2.52 bits per heavy atom. The first kappa shape index (κ1) is 16.7. The van der Waals surface area contributed by atoms with E-state index < -0.39 is 0 Å². The summed E-state index contributed by atoms with van der Waals surface area (Å²) in [6.45, 7) is 1.83. The fourth-order valence-corrected chi connectivity index (χ4v) is 2.90. The summed E-state index contributed by atoms with van der Waals surface area (Å²) in [6, 6.07) is 14.3. The molecule has 0 saturated heterocycles. The first-order valence-electron chi connectivity index (χ1n) is 8.10. The zero-order valence-electron chi connectivity index (χ0n) is 13.8. The van der Waals surface area contributed by atoms with Crippen LogP contribution < -0.4 is 16.0 Å². The van der Waals surface area contributed by atoms with Gasteiger partial charge in [0.1, 0.15) is 0 Å². The van der Waals surface area contributed by atoms with Crippen LogP contribution in [0.2, 0.25) is 0 Å². The van der Waals surface area contributed by atoms with Crippen LogP contribution in [0.15, 0.2) is 48.5 Å². The van der Waals surface area contributed by atoms with Gasteiger partial charge in [-0.2, -0.15) is 0 Å². The highest BCUT2D eigenvalue weighted by atomic mass is 16.2. The molecule has 0 aliphatic carbocycles. The molecule has 128 valence electrons. The monoisotopic (exact) mass is 337 g/mol. The molecule has 0 radical (unpaired) electrons. The summed E-state index contributed by atoms with van der Waals surface area (Å²) < 4.78 is 0. The minimum Gasteiger partial charge on any atom is -0.352 e. The van der Waals surface area contributed by atoms with Gasteiger partial charge in [0.05, 0.1) is 5.92 Å². The molecule has 3 rings (SSSR count). The van der Waals surface area contributed by atoms with Crippen molar-refractivity contribution in [3.05, 3.63) is 59.7 Å². The van der Waals surface area contributed by atoms with Crippen molar-refractivity contribution in [3.63, 3.8) is 0 Å². The summed E-state index contributed by atoms with van der Waals surface area (Å²) >= 11 is 0. The Labute approximate surface area is 145 Å². The summed E-state index contributed by atoms with van der Waals surface area (Å²) in [5, 5.41) is 8.33. The molecule has 25 heavy (non-hydrogen) atoms. The number of para-hydroxylation sites is 1. The van der Waals surface area contributed by atoms with E-state index in [0.717, 1.165) is 11.3 Å². The van der Waals surface area contributed by atoms with E-state index in [1.54, 1.807) is 24.3 Å². The lowest BCUT2D eigenvalue weighted by molar-refractivity contribution is -0.117. The van der Waals surface area contributed by atoms with Crippen LogP contribution in [0, 0.1) is 0 Å². The number of hydrogen-bond donors (Lipinski definition) is 3. The second kappa shape index (κ2) is 7.17. The predicted octanol–water partition coefficient (Wildman–Crippen LogP) is 2.50. The standard InChI is InChI=1S/C19H19N3O3/c1-12(23)21-14-8-6-13(7-9-14)18(24)20-11-10-16-15-4-2-3-5-17(15)22-19(16)25/h2-9,16H,10-11H2,1H3,(H,20,24)(H,21,23)(H,22,25). The number of carbonyl (C=O) groups is 3. The van der Waals surface area contributed by atoms with Gasteiger partial charge < -0.3 is 16.0 Å². The Bertz CT molecular complexity index is 815. The molecule has 6 heteroatoms. The maximum absolute atomic E-state index is 12.2. The molecule has 0 fully saturated rings. The van der Waals surface area contributed by atoms with E-state index in [-0.39, 0.29) is 23.6 Å². The van der Waals surface area contributed by atoms with Gasteiger partial charge in [0.2, 0.25) is 11.8 Å². The van der Waals surface area contributed by atoms with Gasteiger partial charge in [-0.1, -0.05) is 18.2 Å². The molecule has 2 aromatic rings. The zero-order valence-corrected chi connectivity index (χ0v) is 13.8. The van der Waals surface area contributed by atoms with Crippen LogP contribution in [-0.4, -0.2) is 24.3 Å². The number of nitrogens with one attached hydrogen (secondary N) is 3. The maximum atomic E-state index is 12.2. The number of hydrogen-bond acceptors (Lipinski definition) is 3. The minimum atomic E-state index is -0.237. The SMILES string of the molecule is CC(=O)Nc1ccc(C(=O)NCCC2C(=O)Nc3ccccc32)cc1. The smallest absolute Gasteiger partial charge is 0.251 e. The van der Waals surface area contributed by atoms with Crippen LogP contribution in [0.4, 0.5) is 11.4 Å². The molecule has 3 amide bonds. The largest absolute Gasteiger partial charge is 0.352 e. The first-order valence-corrected chi connectivity index (χ1v) is 8.10. The lowest BCUT2D eigenvalue weighted by Gasteiger charge is -2.10. The molecule has 3 N–H and O–H groups in total. The molecule has 0 saturated carbocycles. The molecule has 1 aliphatic rings.